The Labute approximate surface area is 156 Å². The van der Waals surface area contributed by atoms with E-state index in [1.54, 1.807) is 7.11 Å². The van der Waals surface area contributed by atoms with Crippen molar-refractivity contribution >= 4 is 5.91 Å². The van der Waals surface area contributed by atoms with E-state index in [2.05, 4.69) is 9.80 Å². The molecule has 1 atom stereocenters. The Morgan fingerprint density at radius 3 is 2.62 bits per heavy atom. The van der Waals surface area contributed by atoms with Gasteiger partial charge >= 0.3 is 0 Å². The molecular weight excluding hydrogens is 328 g/mol. The highest BCUT2D eigenvalue weighted by molar-refractivity contribution is 5.80. The summed E-state index contributed by atoms with van der Waals surface area (Å²) in [5.74, 6) is 1.90. The van der Waals surface area contributed by atoms with Gasteiger partial charge in [0.1, 0.15) is 18.1 Å². The number of piperidine rings is 2. The summed E-state index contributed by atoms with van der Waals surface area (Å²) in [6, 6.07) is 6.52. The lowest BCUT2D eigenvalue weighted by Gasteiger charge is -2.41. The fourth-order valence-corrected chi connectivity index (χ4v) is 4.65. The average Bonchev–Trinajstić information content (AvgIpc) is 2.73. The Morgan fingerprint density at radius 1 is 1.12 bits per heavy atom. The van der Waals surface area contributed by atoms with Gasteiger partial charge in [-0.05, 0) is 69.0 Å². The second-order valence-electron chi connectivity index (χ2n) is 7.84. The van der Waals surface area contributed by atoms with Gasteiger partial charge in [-0.1, -0.05) is 6.42 Å². The SMILES string of the molecule is COc1ccc2c(c1)CC(C(=O)N1CCC(N3CCCCC3)CC1)CO2. The van der Waals surface area contributed by atoms with Gasteiger partial charge in [0.15, 0.2) is 0 Å². The monoisotopic (exact) mass is 358 g/mol. The zero-order valence-electron chi connectivity index (χ0n) is 15.8. The number of rotatable bonds is 3. The fourth-order valence-electron chi connectivity index (χ4n) is 4.65. The van der Waals surface area contributed by atoms with Crippen molar-refractivity contribution in [1.82, 2.24) is 9.80 Å². The Bertz CT molecular complexity index is 634. The number of ether oxygens (including phenoxy) is 2. The van der Waals surface area contributed by atoms with E-state index in [0.717, 1.165) is 49.4 Å². The smallest absolute Gasteiger partial charge is 0.229 e. The topological polar surface area (TPSA) is 42.0 Å². The molecule has 5 heteroatoms. The molecule has 1 aromatic rings. The van der Waals surface area contributed by atoms with Crippen molar-refractivity contribution < 1.29 is 14.3 Å². The first-order valence-corrected chi connectivity index (χ1v) is 10.1. The van der Waals surface area contributed by atoms with Crippen molar-refractivity contribution in [2.24, 2.45) is 5.92 Å². The zero-order valence-corrected chi connectivity index (χ0v) is 15.8. The first-order valence-electron chi connectivity index (χ1n) is 10.1. The van der Waals surface area contributed by atoms with E-state index < -0.39 is 0 Å². The standard InChI is InChI=1S/C21H30N2O3/c1-25-19-5-6-20-16(14-19)13-17(15-26-20)21(24)23-11-7-18(8-12-23)22-9-3-2-4-10-22/h5-6,14,17-18H,2-4,7-13,15H2,1H3. The third kappa shape index (κ3) is 3.68. The Kier molecular flexibility index (Phi) is 5.34. The maximum Gasteiger partial charge on any atom is 0.229 e. The number of hydrogen-bond donors (Lipinski definition) is 0. The highest BCUT2D eigenvalue weighted by Gasteiger charge is 2.33. The molecule has 3 aliphatic rings. The number of carbonyl (C=O) groups is 1. The van der Waals surface area contributed by atoms with E-state index in [4.69, 9.17) is 9.47 Å². The molecule has 1 amide bonds. The Hall–Kier alpha value is -1.75. The molecule has 3 aliphatic heterocycles. The van der Waals surface area contributed by atoms with Crippen LogP contribution >= 0.6 is 0 Å². The molecular formula is C21H30N2O3. The van der Waals surface area contributed by atoms with Crippen LogP contribution in [-0.4, -0.2) is 61.6 Å². The van der Waals surface area contributed by atoms with Crippen LogP contribution in [0, 0.1) is 5.92 Å². The molecule has 0 saturated carbocycles. The molecule has 0 bridgehead atoms. The average molecular weight is 358 g/mol. The number of nitrogens with zero attached hydrogens (tertiary/aromatic N) is 2. The minimum absolute atomic E-state index is 0.0684. The van der Waals surface area contributed by atoms with Crippen LogP contribution in [0.1, 0.15) is 37.7 Å². The van der Waals surface area contributed by atoms with Gasteiger partial charge in [-0.2, -0.15) is 0 Å². The van der Waals surface area contributed by atoms with Gasteiger partial charge in [0.05, 0.1) is 13.0 Å². The lowest BCUT2D eigenvalue weighted by Crippen LogP contribution is -2.50. The molecule has 1 aromatic carbocycles. The van der Waals surface area contributed by atoms with Crippen molar-refractivity contribution in [3.05, 3.63) is 23.8 Å². The van der Waals surface area contributed by atoms with E-state index in [1.807, 2.05) is 18.2 Å². The lowest BCUT2D eigenvalue weighted by molar-refractivity contribution is -0.138. The molecule has 2 saturated heterocycles. The van der Waals surface area contributed by atoms with Gasteiger partial charge in [0.2, 0.25) is 5.91 Å². The summed E-state index contributed by atoms with van der Waals surface area (Å²) in [5.41, 5.74) is 1.08. The van der Waals surface area contributed by atoms with Crippen molar-refractivity contribution in [3.8, 4) is 11.5 Å². The highest BCUT2D eigenvalue weighted by atomic mass is 16.5. The largest absolute Gasteiger partial charge is 0.497 e. The molecule has 0 N–H and O–H groups in total. The second kappa shape index (κ2) is 7.87. The molecule has 3 heterocycles. The van der Waals surface area contributed by atoms with Crippen molar-refractivity contribution in [1.29, 1.82) is 0 Å². The van der Waals surface area contributed by atoms with Crippen LogP contribution in [0.4, 0.5) is 0 Å². The number of carbonyl (C=O) groups excluding carboxylic acids is 1. The van der Waals surface area contributed by atoms with Gasteiger partial charge < -0.3 is 19.3 Å². The van der Waals surface area contributed by atoms with Gasteiger partial charge in [-0.3, -0.25) is 4.79 Å². The van der Waals surface area contributed by atoms with Crippen LogP contribution < -0.4 is 9.47 Å². The third-order valence-electron chi connectivity index (χ3n) is 6.21. The predicted molar refractivity (Wildman–Crippen MR) is 101 cm³/mol. The summed E-state index contributed by atoms with van der Waals surface area (Å²) < 4.78 is 11.2. The van der Waals surface area contributed by atoms with Crippen molar-refractivity contribution in [2.75, 3.05) is 39.9 Å². The van der Waals surface area contributed by atoms with Crippen LogP contribution in [0.5, 0.6) is 11.5 Å². The fraction of sp³-hybridized carbons (Fsp3) is 0.667. The predicted octanol–water partition coefficient (Wildman–Crippen LogP) is 2.72. The lowest BCUT2D eigenvalue weighted by atomic mass is 9.93. The minimum atomic E-state index is -0.0684. The maximum atomic E-state index is 13.0. The van der Waals surface area contributed by atoms with Crippen molar-refractivity contribution in [2.45, 2.75) is 44.6 Å². The normalized spacial score (nSPS) is 24.7. The molecule has 0 radical (unpaired) electrons. The van der Waals surface area contributed by atoms with Crippen LogP contribution in [0.25, 0.3) is 0 Å². The third-order valence-corrected chi connectivity index (χ3v) is 6.21. The van der Waals surface area contributed by atoms with E-state index in [-0.39, 0.29) is 11.8 Å². The van der Waals surface area contributed by atoms with Gasteiger partial charge in [0, 0.05) is 19.1 Å². The number of likely N-dealkylation sites (tertiary alicyclic amines) is 2. The summed E-state index contributed by atoms with van der Waals surface area (Å²) in [7, 11) is 1.67. The first kappa shape index (κ1) is 17.7. The van der Waals surface area contributed by atoms with E-state index >= 15 is 0 Å². The quantitative estimate of drug-likeness (QED) is 0.833. The summed E-state index contributed by atoms with van der Waals surface area (Å²) in [5, 5.41) is 0. The van der Waals surface area contributed by atoms with E-state index in [9.17, 15) is 4.79 Å². The molecule has 26 heavy (non-hydrogen) atoms. The molecule has 0 spiro atoms. The molecule has 5 nitrogen and oxygen atoms in total. The van der Waals surface area contributed by atoms with Crippen LogP contribution in [0.2, 0.25) is 0 Å². The summed E-state index contributed by atoms with van der Waals surface area (Å²) in [4.78, 5) is 17.7. The molecule has 1 unspecified atom stereocenters. The Morgan fingerprint density at radius 2 is 1.88 bits per heavy atom. The maximum absolute atomic E-state index is 13.0. The summed E-state index contributed by atoms with van der Waals surface area (Å²) in [6.07, 6.45) is 7.02. The van der Waals surface area contributed by atoms with Crippen LogP contribution in [-0.2, 0) is 11.2 Å². The van der Waals surface area contributed by atoms with Gasteiger partial charge in [-0.15, -0.1) is 0 Å². The second-order valence-corrected chi connectivity index (χ2v) is 7.84. The molecule has 2 fully saturated rings. The van der Waals surface area contributed by atoms with Gasteiger partial charge in [0.25, 0.3) is 0 Å². The molecule has 142 valence electrons. The van der Waals surface area contributed by atoms with Crippen LogP contribution in [0.3, 0.4) is 0 Å². The number of amides is 1. The molecule has 0 aliphatic carbocycles. The number of benzene rings is 1. The number of fused-ring (bicyclic) bond motifs is 1. The van der Waals surface area contributed by atoms with E-state index in [1.165, 1.54) is 32.4 Å². The summed E-state index contributed by atoms with van der Waals surface area (Å²) >= 11 is 0. The van der Waals surface area contributed by atoms with E-state index in [0.29, 0.717) is 12.6 Å². The summed E-state index contributed by atoms with van der Waals surface area (Å²) in [6.45, 7) is 4.76. The first-order chi connectivity index (χ1) is 12.7. The van der Waals surface area contributed by atoms with Gasteiger partial charge in [-0.25, -0.2) is 0 Å². The molecule has 0 aromatic heterocycles. The zero-order chi connectivity index (χ0) is 17.9. The highest BCUT2D eigenvalue weighted by Crippen LogP contribution is 2.32. The van der Waals surface area contributed by atoms with Crippen LogP contribution in [0.15, 0.2) is 18.2 Å². The molecule has 4 rings (SSSR count). The number of methoxy groups -OCH3 is 1. The number of hydrogen-bond acceptors (Lipinski definition) is 4. The van der Waals surface area contributed by atoms with Crippen molar-refractivity contribution in [3.63, 3.8) is 0 Å². The minimum Gasteiger partial charge on any atom is -0.497 e. The Balaban J connectivity index is 1.33.